The van der Waals surface area contributed by atoms with Crippen molar-refractivity contribution in [2.75, 3.05) is 0 Å². The van der Waals surface area contributed by atoms with Gasteiger partial charge in [0.15, 0.2) is 5.78 Å². The fourth-order valence-corrected chi connectivity index (χ4v) is 2.62. The van der Waals surface area contributed by atoms with Crippen LogP contribution in [0.1, 0.15) is 65.7 Å². The smallest absolute Gasteiger partial charge is 0.158 e. The molecule has 0 aromatic carbocycles. The lowest BCUT2D eigenvalue weighted by Gasteiger charge is -2.31. The van der Waals surface area contributed by atoms with E-state index in [4.69, 9.17) is 0 Å². The zero-order chi connectivity index (χ0) is 11.8. The van der Waals surface area contributed by atoms with Crippen molar-refractivity contribution in [3.8, 4) is 0 Å². The van der Waals surface area contributed by atoms with Crippen LogP contribution in [-0.4, -0.2) is 5.78 Å². The minimum atomic E-state index is 0.337. The van der Waals surface area contributed by atoms with E-state index in [1.165, 1.54) is 24.8 Å². The Morgan fingerprint density at radius 2 is 2.06 bits per heavy atom. The number of hydrogen-bond donors (Lipinski definition) is 0. The minimum absolute atomic E-state index is 0.337. The van der Waals surface area contributed by atoms with Crippen LogP contribution in [0.2, 0.25) is 0 Å². The van der Waals surface area contributed by atoms with Gasteiger partial charge in [0, 0.05) is 6.42 Å². The average Bonchev–Trinajstić information content (AvgIpc) is 3.02. The third-order valence-electron chi connectivity index (χ3n) is 4.16. The van der Waals surface area contributed by atoms with Crippen LogP contribution in [0.3, 0.4) is 0 Å². The summed E-state index contributed by atoms with van der Waals surface area (Å²) >= 11 is 0. The summed E-state index contributed by atoms with van der Waals surface area (Å²) in [4.78, 5) is 12.2. The molecule has 0 N–H and O–H groups in total. The highest BCUT2D eigenvalue weighted by atomic mass is 16.1. The molecule has 0 aromatic rings. The fourth-order valence-electron chi connectivity index (χ4n) is 2.62. The monoisotopic (exact) mass is 220 g/mol. The fraction of sp³-hybridized carbons (Fsp3) is 0.800. The van der Waals surface area contributed by atoms with E-state index < -0.39 is 0 Å². The maximum Gasteiger partial charge on any atom is 0.158 e. The Morgan fingerprint density at radius 3 is 2.69 bits per heavy atom. The van der Waals surface area contributed by atoms with Crippen LogP contribution in [0, 0.1) is 11.3 Å². The van der Waals surface area contributed by atoms with Crippen LogP contribution < -0.4 is 0 Å². The summed E-state index contributed by atoms with van der Waals surface area (Å²) in [7, 11) is 0. The molecular weight excluding hydrogens is 196 g/mol. The first-order valence-electron chi connectivity index (χ1n) is 6.70. The summed E-state index contributed by atoms with van der Waals surface area (Å²) in [6.45, 7) is 6.72. The van der Waals surface area contributed by atoms with E-state index >= 15 is 0 Å². The summed E-state index contributed by atoms with van der Waals surface area (Å²) in [5.41, 5.74) is 2.86. The van der Waals surface area contributed by atoms with Gasteiger partial charge in [-0.15, -0.1) is 0 Å². The second-order valence-electron chi connectivity index (χ2n) is 6.51. The summed E-state index contributed by atoms with van der Waals surface area (Å²) in [5, 5.41) is 0. The van der Waals surface area contributed by atoms with Crippen molar-refractivity contribution in [3.63, 3.8) is 0 Å². The van der Waals surface area contributed by atoms with Gasteiger partial charge in [-0.2, -0.15) is 0 Å². The molecule has 0 bridgehead atoms. The third kappa shape index (κ3) is 2.96. The number of carbonyl (C=O) groups excluding carboxylic acids is 1. The van der Waals surface area contributed by atoms with E-state index in [-0.39, 0.29) is 0 Å². The quantitative estimate of drug-likeness (QED) is 0.691. The van der Waals surface area contributed by atoms with Gasteiger partial charge < -0.3 is 0 Å². The van der Waals surface area contributed by atoms with Crippen LogP contribution in [0.4, 0.5) is 0 Å². The summed E-state index contributed by atoms with van der Waals surface area (Å²) in [6.07, 6.45) is 8.01. The van der Waals surface area contributed by atoms with Crippen molar-refractivity contribution < 1.29 is 4.79 Å². The Hall–Kier alpha value is -0.590. The lowest BCUT2D eigenvalue weighted by molar-refractivity contribution is -0.116. The van der Waals surface area contributed by atoms with Gasteiger partial charge in [0.05, 0.1) is 0 Å². The standard InChI is InChI=1S/C15H24O/c1-11-8-9-15(2,3)10-13(11)14(16)7-6-12-4-5-12/h12H,4-10H2,1-3H3. The van der Waals surface area contributed by atoms with E-state index in [1.807, 2.05) is 0 Å². The number of ketones is 1. The van der Waals surface area contributed by atoms with Gasteiger partial charge >= 0.3 is 0 Å². The average molecular weight is 220 g/mol. The molecule has 0 aliphatic heterocycles. The first-order valence-corrected chi connectivity index (χ1v) is 6.70. The largest absolute Gasteiger partial charge is 0.295 e. The highest BCUT2D eigenvalue weighted by Crippen LogP contribution is 2.40. The normalized spacial score (nSPS) is 24.7. The topological polar surface area (TPSA) is 17.1 Å². The number of hydrogen-bond acceptors (Lipinski definition) is 1. The Labute approximate surface area is 99.3 Å². The Morgan fingerprint density at radius 1 is 1.38 bits per heavy atom. The number of Topliss-reactive ketones (excluding diaryl/α,β-unsaturated/α-hetero) is 1. The van der Waals surface area contributed by atoms with Crippen molar-refractivity contribution in [1.29, 1.82) is 0 Å². The summed E-state index contributed by atoms with van der Waals surface area (Å²) in [6, 6.07) is 0. The van der Waals surface area contributed by atoms with Gasteiger partial charge in [-0.1, -0.05) is 32.3 Å². The first kappa shape index (κ1) is 11.9. The molecule has 1 nitrogen and oxygen atoms in total. The minimum Gasteiger partial charge on any atom is -0.295 e. The molecule has 2 rings (SSSR count). The summed E-state index contributed by atoms with van der Waals surface area (Å²) in [5.74, 6) is 1.32. The second-order valence-corrected chi connectivity index (χ2v) is 6.51. The highest BCUT2D eigenvalue weighted by Gasteiger charge is 2.29. The van der Waals surface area contributed by atoms with Gasteiger partial charge in [-0.25, -0.2) is 0 Å². The molecule has 0 amide bonds. The lowest BCUT2D eigenvalue weighted by atomic mass is 9.73. The molecule has 2 aliphatic rings. The molecular formula is C15H24O. The van der Waals surface area contributed by atoms with Crippen molar-refractivity contribution in [2.45, 2.75) is 65.7 Å². The predicted molar refractivity (Wildman–Crippen MR) is 67.3 cm³/mol. The SMILES string of the molecule is CC1=C(C(=O)CCC2CC2)CC(C)(C)CC1. The molecule has 0 unspecified atom stereocenters. The molecule has 0 aromatic heterocycles. The van der Waals surface area contributed by atoms with E-state index in [9.17, 15) is 4.79 Å². The van der Waals surface area contributed by atoms with E-state index in [1.54, 1.807) is 0 Å². The molecule has 0 heterocycles. The van der Waals surface area contributed by atoms with Gasteiger partial charge in [0.1, 0.15) is 0 Å². The van der Waals surface area contributed by atoms with Gasteiger partial charge in [-0.3, -0.25) is 4.79 Å². The zero-order valence-electron chi connectivity index (χ0n) is 10.9. The Kier molecular flexibility index (Phi) is 3.23. The summed E-state index contributed by atoms with van der Waals surface area (Å²) < 4.78 is 0. The Bertz CT molecular complexity index is 318. The van der Waals surface area contributed by atoms with E-state index in [2.05, 4.69) is 20.8 Å². The van der Waals surface area contributed by atoms with Crippen molar-refractivity contribution >= 4 is 5.78 Å². The molecule has 1 saturated carbocycles. The van der Waals surface area contributed by atoms with Crippen molar-refractivity contribution in [2.24, 2.45) is 11.3 Å². The molecule has 2 aliphatic carbocycles. The second kappa shape index (κ2) is 4.35. The number of allylic oxidation sites excluding steroid dienone is 2. The maximum atomic E-state index is 12.2. The lowest BCUT2D eigenvalue weighted by Crippen LogP contribution is -2.21. The first-order chi connectivity index (χ1) is 7.48. The molecule has 0 saturated heterocycles. The molecule has 0 spiro atoms. The van der Waals surface area contributed by atoms with Crippen LogP contribution >= 0.6 is 0 Å². The van der Waals surface area contributed by atoms with Gasteiger partial charge in [-0.05, 0) is 49.5 Å². The molecule has 0 atom stereocenters. The molecule has 1 heteroatoms. The molecule has 1 fully saturated rings. The van der Waals surface area contributed by atoms with Crippen molar-refractivity contribution in [3.05, 3.63) is 11.1 Å². The number of carbonyl (C=O) groups is 1. The number of rotatable bonds is 4. The van der Waals surface area contributed by atoms with Crippen LogP contribution in [0.5, 0.6) is 0 Å². The van der Waals surface area contributed by atoms with Crippen molar-refractivity contribution in [1.82, 2.24) is 0 Å². The van der Waals surface area contributed by atoms with Gasteiger partial charge in [0.25, 0.3) is 0 Å². The van der Waals surface area contributed by atoms with Crippen LogP contribution in [-0.2, 0) is 4.79 Å². The molecule has 90 valence electrons. The Balaban J connectivity index is 1.96. The van der Waals surface area contributed by atoms with Gasteiger partial charge in [0.2, 0.25) is 0 Å². The predicted octanol–water partition coefficient (Wildman–Crippen LogP) is 4.27. The van der Waals surface area contributed by atoms with E-state index in [0.29, 0.717) is 11.2 Å². The highest BCUT2D eigenvalue weighted by molar-refractivity contribution is 5.96. The zero-order valence-corrected chi connectivity index (χ0v) is 10.9. The molecule has 16 heavy (non-hydrogen) atoms. The van der Waals surface area contributed by atoms with E-state index in [0.717, 1.165) is 37.2 Å². The maximum absolute atomic E-state index is 12.2. The molecule has 0 radical (unpaired) electrons. The third-order valence-corrected chi connectivity index (χ3v) is 4.16. The van der Waals surface area contributed by atoms with Crippen LogP contribution in [0.15, 0.2) is 11.1 Å². The van der Waals surface area contributed by atoms with Crippen LogP contribution in [0.25, 0.3) is 0 Å².